The third kappa shape index (κ3) is 3.90. The van der Waals surface area contributed by atoms with Gasteiger partial charge in [0.1, 0.15) is 11.6 Å². The number of carbonyl (C=O) groups excluding carboxylic acids is 1. The number of nitrogens with zero attached hydrogens (tertiary/aromatic N) is 3. The maximum atomic E-state index is 12.3. The number of para-hydroxylation sites is 1. The number of hydrogen-bond acceptors (Lipinski definition) is 6. The summed E-state index contributed by atoms with van der Waals surface area (Å²) in [5, 5.41) is 5.88. The Morgan fingerprint density at radius 2 is 1.89 bits per heavy atom. The van der Waals surface area contributed by atoms with E-state index in [1.165, 1.54) is 12.4 Å². The van der Waals surface area contributed by atoms with Crippen LogP contribution < -0.4 is 15.4 Å². The van der Waals surface area contributed by atoms with Crippen LogP contribution in [0.4, 0.5) is 11.6 Å². The second kappa shape index (κ2) is 7.75. The second-order valence-corrected chi connectivity index (χ2v) is 6.04. The second-order valence-electron chi connectivity index (χ2n) is 6.04. The Balaban J connectivity index is 1.38. The molecule has 0 unspecified atom stereocenters. The molecule has 140 valence electrons. The van der Waals surface area contributed by atoms with Crippen LogP contribution in [0.15, 0.2) is 60.9 Å². The van der Waals surface area contributed by atoms with E-state index in [0.29, 0.717) is 17.3 Å². The fourth-order valence-electron chi connectivity index (χ4n) is 2.68. The van der Waals surface area contributed by atoms with E-state index in [1.807, 2.05) is 48.5 Å². The first-order valence-corrected chi connectivity index (χ1v) is 8.66. The first kappa shape index (κ1) is 17.5. The maximum absolute atomic E-state index is 12.3. The van der Waals surface area contributed by atoms with E-state index in [9.17, 15) is 4.79 Å². The highest BCUT2D eigenvalue weighted by atomic mass is 16.5. The number of ether oxygens (including phenoxy) is 1. The summed E-state index contributed by atoms with van der Waals surface area (Å²) in [5.74, 6) is 1.55. The van der Waals surface area contributed by atoms with Crippen LogP contribution in [-0.4, -0.2) is 33.0 Å². The monoisotopic (exact) mass is 374 g/mol. The summed E-state index contributed by atoms with van der Waals surface area (Å²) in [6.45, 7) is 0.264. The van der Waals surface area contributed by atoms with Gasteiger partial charge in [0.2, 0.25) is 5.95 Å². The molecule has 0 aliphatic rings. The fraction of sp³-hybridized carbons (Fsp3) is 0.100. The zero-order valence-corrected chi connectivity index (χ0v) is 15.1. The summed E-state index contributed by atoms with van der Waals surface area (Å²) in [6.07, 6.45) is 2.97. The minimum Gasteiger partial charge on any atom is -0.497 e. The number of rotatable bonds is 6. The van der Waals surface area contributed by atoms with Crippen molar-refractivity contribution in [3.8, 4) is 5.75 Å². The van der Waals surface area contributed by atoms with Gasteiger partial charge in [0.05, 0.1) is 30.3 Å². The highest BCUT2D eigenvalue weighted by molar-refractivity contribution is 5.93. The van der Waals surface area contributed by atoms with Crippen LogP contribution in [0.3, 0.4) is 0 Å². The van der Waals surface area contributed by atoms with Gasteiger partial charge in [0.15, 0.2) is 0 Å². The quantitative estimate of drug-likeness (QED) is 0.479. The molecule has 0 spiro atoms. The van der Waals surface area contributed by atoms with Crippen LogP contribution in [-0.2, 0) is 6.54 Å². The van der Waals surface area contributed by atoms with Gasteiger partial charge in [-0.1, -0.05) is 18.2 Å². The summed E-state index contributed by atoms with van der Waals surface area (Å²) in [7, 11) is 1.61. The molecule has 0 aliphatic carbocycles. The molecule has 0 fully saturated rings. The molecular weight excluding hydrogens is 356 g/mol. The Hall–Kier alpha value is -3.94. The number of H-pyrrole nitrogens is 1. The van der Waals surface area contributed by atoms with E-state index in [0.717, 1.165) is 22.5 Å². The summed E-state index contributed by atoms with van der Waals surface area (Å²) in [5.41, 5.74) is 2.91. The van der Waals surface area contributed by atoms with Gasteiger partial charge >= 0.3 is 0 Å². The van der Waals surface area contributed by atoms with E-state index in [4.69, 9.17) is 4.74 Å². The third-order valence-electron chi connectivity index (χ3n) is 4.10. The van der Waals surface area contributed by atoms with Crippen molar-refractivity contribution in [2.45, 2.75) is 6.54 Å². The number of amides is 1. The Kier molecular flexibility index (Phi) is 4.83. The lowest BCUT2D eigenvalue weighted by atomic mass is 10.3. The summed E-state index contributed by atoms with van der Waals surface area (Å²) < 4.78 is 5.20. The van der Waals surface area contributed by atoms with Gasteiger partial charge in [-0.3, -0.25) is 4.79 Å². The van der Waals surface area contributed by atoms with Gasteiger partial charge in [0.25, 0.3) is 5.91 Å². The van der Waals surface area contributed by atoms with Crippen LogP contribution in [0.2, 0.25) is 0 Å². The molecule has 2 aromatic heterocycles. The maximum Gasteiger partial charge on any atom is 0.254 e. The van der Waals surface area contributed by atoms with E-state index in [-0.39, 0.29) is 12.5 Å². The zero-order valence-electron chi connectivity index (χ0n) is 15.1. The standard InChI is InChI=1S/C20H18N6O2/c1-28-15-7-8-16-17(9-15)26-18(25-16)12-21-19(27)13-10-22-20(23-11-13)24-14-5-3-2-4-6-14/h2-11H,12H2,1H3,(H,21,27)(H,25,26)(H,22,23,24). The lowest BCUT2D eigenvalue weighted by molar-refractivity contribution is 0.0949. The molecule has 8 nitrogen and oxygen atoms in total. The summed E-state index contributed by atoms with van der Waals surface area (Å²) in [6, 6.07) is 15.1. The van der Waals surface area contributed by atoms with Crippen LogP contribution in [0, 0.1) is 0 Å². The molecule has 4 rings (SSSR count). The Labute approximate surface area is 161 Å². The Bertz CT molecular complexity index is 1090. The molecule has 2 heterocycles. The van der Waals surface area contributed by atoms with Crippen molar-refractivity contribution in [2.75, 3.05) is 12.4 Å². The summed E-state index contributed by atoms with van der Waals surface area (Å²) >= 11 is 0. The number of anilines is 2. The molecule has 4 aromatic rings. The number of nitrogens with one attached hydrogen (secondary N) is 3. The molecule has 1 amide bonds. The molecule has 0 bridgehead atoms. The third-order valence-corrected chi connectivity index (χ3v) is 4.10. The fourth-order valence-corrected chi connectivity index (χ4v) is 2.68. The van der Waals surface area contributed by atoms with Crippen LogP contribution in [0.1, 0.15) is 16.2 Å². The van der Waals surface area contributed by atoms with Gasteiger partial charge in [0, 0.05) is 24.1 Å². The molecule has 0 atom stereocenters. The van der Waals surface area contributed by atoms with E-state index in [2.05, 4.69) is 30.6 Å². The van der Waals surface area contributed by atoms with Crippen molar-refractivity contribution >= 4 is 28.6 Å². The average molecular weight is 374 g/mol. The number of hydrogen-bond donors (Lipinski definition) is 3. The number of benzene rings is 2. The molecule has 0 saturated heterocycles. The number of methoxy groups -OCH3 is 1. The van der Waals surface area contributed by atoms with Gasteiger partial charge < -0.3 is 20.4 Å². The minimum absolute atomic E-state index is 0.264. The first-order chi connectivity index (χ1) is 13.7. The van der Waals surface area contributed by atoms with Crippen molar-refractivity contribution < 1.29 is 9.53 Å². The van der Waals surface area contributed by atoms with E-state index in [1.54, 1.807) is 7.11 Å². The predicted octanol–water partition coefficient (Wildman–Crippen LogP) is 3.04. The first-order valence-electron chi connectivity index (χ1n) is 8.66. The summed E-state index contributed by atoms with van der Waals surface area (Å²) in [4.78, 5) is 28.3. The van der Waals surface area contributed by atoms with Crippen LogP contribution in [0.5, 0.6) is 5.75 Å². The zero-order chi connectivity index (χ0) is 19.3. The smallest absolute Gasteiger partial charge is 0.254 e. The van der Waals surface area contributed by atoms with Crippen molar-refractivity contribution in [1.82, 2.24) is 25.3 Å². The van der Waals surface area contributed by atoms with Crippen molar-refractivity contribution in [1.29, 1.82) is 0 Å². The topological polar surface area (TPSA) is 105 Å². The van der Waals surface area contributed by atoms with E-state index < -0.39 is 0 Å². The van der Waals surface area contributed by atoms with Gasteiger partial charge in [-0.15, -0.1) is 0 Å². The van der Waals surface area contributed by atoms with Crippen molar-refractivity contribution in [3.63, 3.8) is 0 Å². The molecular formula is C20H18N6O2. The van der Waals surface area contributed by atoms with Crippen molar-refractivity contribution in [2.24, 2.45) is 0 Å². The number of fused-ring (bicyclic) bond motifs is 1. The number of carbonyl (C=O) groups is 1. The van der Waals surface area contributed by atoms with Crippen LogP contribution >= 0.6 is 0 Å². The molecule has 2 aromatic carbocycles. The number of imidazole rings is 1. The van der Waals surface area contributed by atoms with Crippen molar-refractivity contribution in [3.05, 3.63) is 72.3 Å². The predicted molar refractivity (Wildman–Crippen MR) is 106 cm³/mol. The van der Waals surface area contributed by atoms with E-state index >= 15 is 0 Å². The molecule has 3 N–H and O–H groups in total. The highest BCUT2D eigenvalue weighted by Gasteiger charge is 2.09. The molecule has 0 saturated carbocycles. The lowest BCUT2D eigenvalue weighted by Gasteiger charge is -2.06. The number of aromatic nitrogens is 4. The van der Waals surface area contributed by atoms with Crippen LogP contribution in [0.25, 0.3) is 11.0 Å². The Morgan fingerprint density at radius 3 is 2.64 bits per heavy atom. The normalized spacial score (nSPS) is 10.6. The average Bonchev–Trinajstić information content (AvgIpc) is 3.15. The molecule has 28 heavy (non-hydrogen) atoms. The highest BCUT2D eigenvalue weighted by Crippen LogP contribution is 2.18. The largest absolute Gasteiger partial charge is 0.497 e. The van der Waals surface area contributed by atoms with Gasteiger partial charge in [-0.05, 0) is 24.3 Å². The SMILES string of the molecule is COc1ccc2nc(CNC(=O)c3cnc(Nc4ccccc4)nc3)[nH]c2c1. The lowest BCUT2D eigenvalue weighted by Crippen LogP contribution is -2.23. The number of aromatic amines is 1. The van der Waals surface area contributed by atoms with Gasteiger partial charge in [-0.25, -0.2) is 15.0 Å². The minimum atomic E-state index is -0.274. The van der Waals surface area contributed by atoms with Gasteiger partial charge in [-0.2, -0.15) is 0 Å². The Morgan fingerprint density at radius 1 is 1.11 bits per heavy atom. The molecule has 8 heteroatoms. The molecule has 0 aliphatic heterocycles. The molecule has 0 radical (unpaired) electrons.